The van der Waals surface area contributed by atoms with Gasteiger partial charge in [-0.1, -0.05) is 0 Å². The molecule has 0 aromatic carbocycles. The summed E-state index contributed by atoms with van der Waals surface area (Å²) in [6, 6.07) is 0. The zero-order valence-electron chi connectivity index (χ0n) is 12.2. The highest BCUT2D eigenvalue weighted by molar-refractivity contribution is 5.70. The zero-order chi connectivity index (χ0) is 15.6. The molecule has 0 saturated carbocycles. The van der Waals surface area contributed by atoms with Crippen molar-refractivity contribution in [3.63, 3.8) is 0 Å². The Morgan fingerprint density at radius 3 is 2.00 bits per heavy atom. The first-order valence-corrected chi connectivity index (χ1v) is 5.85. The third-order valence-corrected chi connectivity index (χ3v) is 3.33. The van der Waals surface area contributed by atoms with Crippen LogP contribution in [0.5, 0.6) is 0 Å². The summed E-state index contributed by atoms with van der Waals surface area (Å²) in [6.45, 7) is 0.189. The summed E-state index contributed by atoms with van der Waals surface area (Å²) in [4.78, 5) is 39.5. The van der Waals surface area contributed by atoms with Crippen LogP contribution in [0.1, 0.15) is 0 Å². The van der Waals surface area contributed by atoms with Crippen molar-refractivity contribution in [2.24, 2.45) is 9.98 Å². The van der Waals surface area contributed by atoms with E-state index in [1.165, 1.54) is 26.4 Å². The Balaban J connectivity index is 5.55. The molecule has 0 N–H and O–H groups in total. The SMILES string of the molecule is COCC(CN=C=O)(CN=C=O)[N+](C)(C)CC(=O)OC. The lowest BCUT2D eigenvalue weighted by Gasteiger charge is -2.45. The number of nitrogens with zero attached hydrogens (tertiary/aromatic N) is 3. The summed E-state index contributed by atoms with van der Waals surface area (Å²) in [7, 11) is 6.25. The number of hydrogen-bond acceptors (Lipinski definition) is 7. The number of aliphatic imine (C=N–C) groups is 2. The molecule has 0 spiro atoms. The molecule has 0 fully saturated rings. The van der Waals surface area contributed by atoms with Crippen LogP contribution in [0.15, 0.2) is 9.98 Å². The fraction of sp³-hybridized carbons (Fsp3) is 0.750. The molecular weight excluding hydrogens is 266 g/mol. The Morgan fingerprint density at radius 2 is 1.65 bits per heavy atom. The molecule has 8 nitrogen and oxygen atoms in total. The van der Waals surface area contributed by atoms with Crippen LogP contribution in [0.2, 0.25) is 0 Å². The Kier molecular flexibility index (Phi) is 7.57. The van der Waals surface area contributed by atoms with Gasteiger partial charge in [-0.25, -0.2) is 14.4 Å². The van der Waals surface area contributed by atoms with E-state index < -0.39 is 11.5 Å². The van der Waals surface area contributed by atoms with E-state index in [-0.39, 0.29) is 30.7 Å². The van der Waals surface area contributed by atoms with E-state index >= 15 is 0 Å². The van der Waals surface area contributed by atoms with Gasteiger partial charge < -0.3 is 14.0 Å². The number of hydrogen-bond donors (Lipinski definition) is 0. The molecule has 112 valence electrons. The van der Waals surface area contributed by atoms with Crippen molar-refractivity contribution in [1.29, 1.82) is 0 Å². The van der Waals surface area contributed by atoms with Gasteiger partial charge in [0.25, 0.3) is 0 Å². The number of quaternary nitrogens is 1. The maximum atomic E-state index is 11.5. The molecule has 0 aliphatic carbocycles. The van der Waals surface area contributed by atoms with Crippen LogP contribution in [-0.2, 0) is 23.9 Å². The topological polar surface area (TPSA) is 94.4 Å². The minimum atomic E-state index is -0.863. The maximum Gasteiger partial charge on any atom is 0.361 e. The molecule has 0 heterocycles. The number of isocyanates is 2. The van der Waals surface area contributed by atoms with Gasteiger partial charge in [0.05, 0.1) is 21.2 Å². The second-order valence-electron chi connectivity index (χ2n) is 4.89. The molecule has 0 saturated heterocycles. The van der Waals surface area contributed by atoms with E-state index in [4.69, 9.17) is 4.74 Å². The lowest BCUT2D eigenvalue weighted by molar-refractivity contribution is -0.932. The average Bonchev–Trinajstić information content (AvgIpc) is 2.41. The van der Waals surface area contributed by atoms with Crippen LogP contribution in [0.4, 0.5) is 0 Å². The van der Waals surface area contributed by atoms with Gasteiger partial charge in [0, 0.05) is 7.11 Å². The van der Waals surface area contributed by atoms with E-state index in [1.54, 1.807) is 14.1 Å². The third kappa shape index (κ3) is 4.68. The van der Waals surface area contributed by atoms with Crippen molar-refractivity contribution in [3.05, 3.63) is 0 Å². The third-order valence-electron chi connectivity index (χ3n) is 3.33. The zero-order valence-corrected chi connectivity index (χ0v) is 12.2. The molecule has 0 aliphatic rings. The van der Waals surface area contributed by atoms with Gasteiger partial charge in [0.1, 0.15) is 19.7 Å². The molecule has 0 radical (unpaired) electrons. The van der Waals surface area contributed by atoms with E-state index in [2.05, 4.69) is 14.7 Å². The molecule has 20 heavy (non-hydrogen) atoms. The number of carbonyl (C=O) groups is 1. The normalized spacial score (nSPS) is 13.6. The van der Waals surface area contributed by atoms with Gasteiger partial charge in [-0.3, -0.25) is 0 Å². The van der Waals surface area contributed by atoms with Crippen molar-refractivity contribution in [3.8, 4) is 0 Å². The second-order valence-corrected chi connectivity index (χ2v) is 4.89. The molecule has 0 aliphatic heterocycles. The minimum Gasteiger partial charge on any atom is -0.465 e. The first-order valence-electron chi connectivity index (χ1n) is 5.85. The molecule has 0 bridgehead atoms. The summed E-state index contributed by atoms with van der Waals surface area (Å²) >= 11 is 0. The van der Waals surface area contributed by atoms with Crippen molar-refractivity contribution in [1.82, 2.24) is 0 Å². The number of likely N-dealkylation sites (N-methyl/N-ethyl adjacent to an activating group) is 1. The van der Waals surface area contributed by atoms with E-state index in [0.717, 1.165) is 0 Å². The maximum absolute atomic E-state index is 11.5. The predicted molar refractivity (Wildman–Crippen MR) is 69.6 cm³/mol. The highest BCUT2D eigenvalue weighted by Crippen LogP contribution is 2.23. The lowest BCUT2D eigenvalue weighted by atomic mass is 9.95. The number of carbonyl (C=O) groups excluding carboxylic acids is 3. The highest BCUT2D eigenvalue weighted by atomic mass is 16.5. The fourth-order valence-electron chi connectivity index (χ4n) is 1.88. The molecular formula is C12H20N3O5+. The van der Waals surface area contributed by atoms with Crippen LogP contribution in [0.25, 0.3) is 0 Å². The van der Waals surface area contributed by atoms with E-state index in [1.807, 2.05) is 0 Å². The van der Waals surface area contributed by atoms with Crippen molar-refractivity contribution < 1.29 is 28.3 Å². The standard InChI is InChI=1S/C12H20N3O5/c1-15(2,5-11(18)20-4)12(8-19-3,6-13-9-16)7-14-10-17/h5-8H2,1-4H3/q+1. The first kappa shape index (κ1) is 18.1. The summed E-state index contributed by atoms with van der Waals surface area (Å²) < 4.78 is 9.90. The minimum absolute atomic E-state index is 0.0134. The van der Waals surface area contributed by atoms with Gasteiger partial charge in [0.15, 0.2) is 12.1 Å². The van der Waals surface area contributed by atoms with Crippen molar-refractivity contribution in [2.45, 2.75) is 5.54 Å². The smallest absolute Gasteiger partial charge is 0.361 e. The van der Waals surface area contributed by atoms with Gasteiger partial charge in [0.2, 0.25) is 12.2 Å². The van der Waals surface area contributed by atoms with Gasteiger partial charge in [-0.15, -0.1) is 0 Å². The first-order chi connectivity index (χ1) is 9.39. The molecule has 0 aromatic heterocycles. The van der Waals surface area contributed by atoms with Crippen LogP contribution in [0.3, 0.4) is 0 Å². The monoisotopic (exact) mass is 286 g/mol. The Morgan fingerprint density at radius 1 is 1.15 bits per heavy atom. The van der Waals surface area contributed by atoms with Gasteiger partial charge >= 0.3 is 5.97 Å². The summed E-state index contributed by atoms with van der Waals surface area (Å²) in [5.74, 6) is -0.430. The van der Waals surface area contributed by atoms with Crippen molar-refractivity contribution >= 4 is 18.1 Å². The highest BCUT2D eigenvalue weighted by Gasteiger charge is 2.47. The number of ether oxygens (including phenoxy) is 2. The lowest BCUT2D eigenvalue weighted by Crippen LogP contribution is -2.67. The molecule has 0 amide bonds. The molecule has 0 rings (SSSR count). The average molecular weight is 286 g/mol. The Labute approximate surface area is 117 Å². The number of esters is 1. The summed E-state index contributed by atoms with van der Waals surface area (Å²) in [6.07, 6.45) is 2.90. The molecule has 8 heteroatoms. The fourth-order valence-corrected chi connectivity index (χ4v) is 1.88. The Bertz CT molecular complexity index is 403. The van der Waals surface area contributed by atoms with Crippen molar-refractivity contribution in [2.75, 3.05) is 54.6 Å². The van der Waals surface area contributed by atoms with Gasteiger partial charge in [-0.05, 0) is 0 Å². The quantitative estimate of drug-likeness (QED) is 0.241. The number of rotatable bonds is 9. The van der Waals surface area contributed by atoms with Crippen LogP contribution >= 0.6 is 0 Å². The molecule has 0 aromatic rings. The summed E-state index contributed by atoms with van der Waals surface area (Å²) in [5.41, 5.74) is -0.863. The van der Waals surface area contributed by atoms with E-state index in [9.17, 15) is 14.4 Å². The van der Waals surface area contributed by atoms with Crippen LogP contribution in [0, 0.1) is 0 Å². The van der Waals surface area contributed by atoms with Crippen LogP contribution in [-0.4, -0.2) is 82.7 Å². The largest absolute Gasteiger partial charge is 0.465 e. The predicted octanol–water partition coefficient (Wildman–Crippen LogP) is -0.707. The summed E-state index contributed by atoms with van der Waals surface area (Å²) in [5, 5.41) is 0. The van der Waals surface area contributed by atoms with Crippen LogP contribution < -0.4 is 0 Å². The molecule has 0 unspecified atom stereocenters. The van der Waals surface area contributed by atoms with Gasteiger partial charge in [-0.2, -0.15) is 9.98 Å². The van der Waals surface area contributed by atoms with E-state index in [0.29, 0.717) is 0 Å². The number of methoxy groups -OCH3 is 2. The molecule has 0 atom stereocenters. The second kappa shape index (κ2) is 8.35. The Hall–Kier alpha value is -1.85.